The van der Waals surface area contributed by atoms with Gasteiger partial charge in [0.1, 0.15) is 11.6 Å². The monoisotopic (exact) mass is 285 g/mol. The molecule has 5 nitrogen and oxygen atoms in total. The van der Waals surface area contributed by atoms with Crippen molar-refractivity contribution in [2.75, 3.05) is 37.6 Å². The minimum atomic E-state index is 1.00. The van der Waals surface area contributed by atoms with Gasteiger partial charge in [0.05, 0.1) is 0 Å². The maximum Gasteiger partial charge on any atom is 0.128 e. The van der Waals surface area contributed by atoms with E-state index < -0.39 is 0 Å². The summed E-state index contributed by atoms with van der Waals surface area (Å²) in [5, 5.41) is 0. The lowest BCUT2D eigenvalue weighted by Crippen LogP contribution is -2.47. The van der Waals surface area contributed by atoms with Crippen LogP contribution in [0.3, 0.4) is 0 Å². The molecule has 0 radical (unpaired) electrons. The molecular formula is C16H23N5. The normalized spacial score (nSPS) is 16.3. The number of aromatic nitrogens is 3. The van der Waals surface area contributed by atoms with E-state index in [1.165, 1.54) is 5.82 Å². The molecule has 112 valence electrons. The molecule has 2 aromatic rings. The molecule has 0 unspecified atom stereocenters. The van der Waals surface area contributed by atoms with Gasteiger partial charge >= 0.3 is 0 Å². The van der Waals surface area contributed by atoms with Crippen molar-refractivity contribution >= 4 is 5.82 Å². The Hall–Kier alpha value is -1.88. The van der Waals surface area contributed by atoms with Crippen LogP contribution in [0.15, 0.2) is 36.8 Å². The van der Waals surface area contributed by atoms with Gasteiger partial charge in [0, 0.05) is 64.3 Å². The van der Waals surface area contributed by atoms with Gasteiger partial charge in [-0.3, -0.25) is 4.90 Å². The van der Waals surface area contributed by atoms with Crippen LogP contribution in [0.4, 0.5) is 5.82 Å². The van der Waals surface area contributed by atoms with Crippen molar-refractivity contribution in [1.82, 2.24) is 19.4 Å². The summed E-state index contributed by atoms with van der Waals surface area (Å²) in [6, 6.07) is 6.12. The summed E-state index contributed by atoms with van der Waals surface area (Å²) in [7, 11) is 0. The molecule has 1 fully saturated rings. The third-order valence-corrected chi connectivity index (χ3v) is 4.12. The fraction of sp³-hybridized carbons (Fsp3) is 0.500. The van der Waals surface area contributed by atoms with E-state index in [1.54, 1.807) is 0 Å². The fourth-order valence-electron chi connectivity index (χ4n) is 2.85. The maximum absolute atomic E-state index is 4.43. The van der Waals surface area contributed by atoms with Crippen molar-refractivity contribution in [2.45, 2.75) is 19.9 Å². The Kier molecular flexibility index (Phi) is 4.50. The van der Waals surface area contributed by atoms with Gasteiger partial charge in [0.15, 0.2) is 0 Å². The van der Waals surface area contributed by atoms with Crippen LogP contribution in [0.5, 0.6) is 0 Å². The first kappa shape index (κ1) is 14.1. The topological polar surface area (TPSA) is 37.2 Å². The molecule has 21 heavy (non-hydrogen) atoms. The second-order valence-electron chi connectivity index (χ2n) is 5.41. The van der Waals surface area contributed by atoms with E-state index in [0.717, 1.165) is 51.5 Å². The zero-order valence-corrected chi connectivity index (χ0v) is 12.6. The number of pyridine rings is 1. The summed E-state index contributed by atoms with van der Waals surface area (Å²) in [5.74, 6) is 2.28. The van der Waals surface area contributed by atoms with Gasteiger partial charge in [-0.2, -0.15) is 0 Å². The largest absolute Gasteiger partial charge is 0.354 e. The van der Waals surface area contributed by atoms with Gasteiger partial charge < -0.3 is 9.47 Å². The molecule has 0 saturated carbocycles. The molecule has 1 aliphatic heterocycles. The summed E-state index contributed by atoms with van der Waals surface area (Å²) in [6.07, 6.45) is 6.86. The highest BCUT2D eigenvalue weighted by Gasteiger charge is 2.17. The number of piperazine rings is 1. The van der Waals surface area contributed by atoms with E-state index >= 15 is 0 Å². The summed E-state index contributed by atoms with van der Waals surface area (Å²) in [5.41, 5.74) is 0. The number of rotatable bonds is 5. The summed E-state index contributed by atoms with van der Waals surface area (Å²) >= 11 is 0. The van der Waals surface area contributed by atoms with Crippen LogP contribution >= 0.6 is 0 Å². The first-order valence-corrected chi connectivity index (χ1v) is 7.75. The Labute approximate surface area is 126 Å². The third kappa shape index (κ3) is 3.42. The second-order valence-corrected chi connectivity index (χ2v) is 5.41. The van der Waals surface area contributed by atoms with Crippen LogP contribution in [0.25, 0.3) is 0 Å². The molecule has 0 N–H and O–H groups in total. The highest BCUT2D eigenvalue weighted by atomic mass is 15.3. The predicted octanol–water partition coefficient (Wildman–Crippen LogP) is 1.66. The van der Waals surface area contributed by atoms with E-state index in [0.29, 0.717) is 0 Å². The number of aryl methyl sites for hydroxylation is 1. The highest BCUT2D eigenvalue weighted by molar-refractivity contribution is 5.38. The molecule has 0 aromatic carbocycles. The van der Waals surface area contributed by atoms with Crippen molar-refractivity contribution < 1.29 is 0 Å². The minimum absolute atomic E-state index is 1.00. The minimum Gasteiger partial charge on any atom is -0.354 e. The molecule has 5 heteroatoms. The van der Waals surface area contributed by atoms with Crippen LogP contribution in [-0.4, -0.2) is 52.2 Å². The van der Waals surface area contributed by atoms with Gasteiger partial charge in [-0.1, -0.05) is 13.0 Å². The number of hydrogen-bond donors (Lipinski definition) is 0. The summed E-state index contributed by atoms with van der Waals surface area (Å²) in [4.78, 5) is 13.7. The molecule has 3 heterocycles. The fourth-order valence-corrected chi connectivity index (χ4v) is 2.85. The number of nitrogens with zero attached hydrogens (tertiary/aromatic N) is 5. The molecule has 0 bridgehead atoms. The van der Waals surface area contributed by atoms with E-state index in [4.69, 9.17) is 0 Å². The van der Waals surface area contributed by atoms with E-state index in [1.807, 2.05) is 18.5 Å². The number of imidazole rings is 1. The van der Waals surface area contributed by atoms with Crippen molar-refractivity contribution in [2.24, 2.45) is 0 Å². The standard InChI is InChI=1S/C16H23N5/c1-2-15-18-7-8-20(15)12-9-19-10-13-21(14-11-19)16-5-3-4-6-17-16/h3-8H,2,9-14H2,1H3. The van der Waals surface area contributed by atoms with Gasteiger partial charge in [-0.25, -0.2) is 9.97 Å². The Balaban J connectivity index is 1.48. The van der Waals surface area contributed by atoms with Crippen LogP contribution in [-0.2, 0) is 13.0 Å². The maximum atomic E-state index is 4.43. The smallest absolute Gasteiger partial charge is 0.128 e. The van der Waals surface area contributed by atoms with Crippen LogP contribution in [0, 0.1) is 0 Å². The zero-order valence-electron chi connectivity index (χ0n) is 12.6. The number of hydrogen-bond acceptors (Lipinski definition) is 4. The Morgan fingerprint density at radius 3 is 2.57 bits per heavy atom. The van der Waals surface area contributed by atoms with Crippen molar-refractivity contribution in [3.05, 3.63) is 42.6 Å². The zero-order chi connectivity index (χ0) is 14.5. The molecule has 0 aliphatic carbocycles. The Morgan fingerprint density at radius 2 is 1.86 bits per heavy atom. The first-order valence-electron chi connectivity index (χ1n) is 7.75. The highest BCUT2D eigenvalue weighted by Crippen LogP contribution is 2.12. The molecular weight excluding hydrogens is 262 g/mol. The molecule has 1 aliphatic rings. The van der Waals surface area contributed by atoms with E-state index in [9.17, 15) is 0 Å². The third-order valence-electron chi connectivity index (χ3n) is 4.12. The van der Waals surface area contributed by atoms with Gasteiger partial charge in [0.25, 0.3) is 0 Å². The van der Waals surface area contributed by atoms with Crippen LogP contribution < -0.4 is 4.90 Å². The lowest BCUT2D eigenvalue weighted by molar-refractivity contribution is 0.247. The lowest BCUT2D eigenvalue weighted by Gasteiger charge is -2.35. The Bertz CT molecular complexity index is 543. The molecule has 0 amide bonds. The van der Waals surface area contributed by atoms with Crippen LogP contribution in [0.2, 0.25) is 0 Å². The van der Waals surface area contributed by atoms with Crippen LogP contribution in [0.1, 0.15) is 12.7 Å². The Morgan fingerprint density at radius 1 is 1.00 bits per heavy atom. The van der Waals surface area contributed by atoms with Gasteiger partial charge in [0.2, 0.25) is 0 Å². The quantitative estimate of drug-likeness (QED) is 0.837. The molecule has 0 spiro atoms. The summed E-state index contributed by atoms with van der Waals surface area (Å²) < 4.78 is 2.27. The predicted molar refractivity (Wildman–Crippen MR) is 84.5 cm³/mol. The average molecular weight is 285 g/mol. The van der Waals surface area contributed by atoms with Crippen molar-refractivity contribution in [3.63, 3.8) is 0 Å². The van der Waals surface area contributed by atoms with E-state index in [-0.39, 0.29) is 0 Å². The summed E-state index contributed by atoms with van der Waals surface area (Å²) in [6.45, 7) is 8.61. The van der Waals surface area contributed by atoms with E-state index in [2.05, 4.69) is 49.6 Å². The molecule has 1 saturated heterocycles. The first-order chi connectivity index (χ1) is 10.4. The molecule has 0 atom stereocenters. The molecule has 3 rings (SSSR count). The van der Waals surface area contributed by atoms with Gasteiger partial charge in [-0.05, 0) is 12.1 Å². The SMILES string of the molecule is CCc1nccn1CCN1CCN(c2ccccn2)CC1. The average Bonchev–Trinajstić information content (AvgIpc) is 3.02. The van der Waals surface area contributed by atoms with Gasteiger partial charge in [-0.15, -0.1) is 0 Å². The molecule has 2 aromatic heterocycles. The van der Waals surface area contributed by atoms with Crippen molar-refractivity contribution in [3.8, 4) is 0 Å². The lowest BCUT2D eigenvalue weighted by atomic mass is 10.3. The second kappa shape index (κ2) is 6.72. The van der Waals surface area contributed by atoms with Crippen molar-refractivity contribution in [1.29, 1.82) is 0 Å². The number of anilines is 1.